The zero-order valence-electron chi connectivity index (χ0n) is 19.6. The van der Waals surface area contributed by atoms with Gasteiger partial charge in [-0.1, -0.05) is 6.07 Å². The molecule has 0 aliphatic rings. The number of carbonyl (C=O) groups is 1. The largest absolute Gasteiger partial charge is 0.496 e. The predicted octanol–water partition coefficient (Wildman–Crippen LogP) is 4.63. The van der Waals surface area contributed by atoms with Gasteiger partial charge in [0.15, 0.2) is 11.5 Å². The third kappa shape index (κ3) is 4.52. The molecule has 4 aromatic rings. The molecule has 4 rings (SSSR count). The van der Waals surface area contributed by atoms with Gasteiger partial charge >= 0.3 is 0 Å². The Labute approximate surface area is 197 Å². The molecule has 34 heavy (non-hydrogen) atoms. The lowest BCUT2D eigenvalue weighted by molar-refractivity contribution is -0.121. The van der Waals surface area contributed by atoms with Gasteiger partial charge in [0, 0.05) is 29.4 Å². The van der Waals surface area contributed by atoms with Crippen molar-refractivity contribution in [2.75, 3.05) is 28.4 Å². The van der Waals surface area contributed by atoms with E-state index in [9.17, 15) is 4.79 Å². The standard InChI is InChI=1S/C26H28N2O6/c1-30-21-9-5-8-20-25(21)19(15-27-20)18(13-24(29)28-14-17-7-6-10-34-17)16-11-22(31-2)26(33-4)23(12-16)32-3/h5-12,15,18,27H,13-14H2,1-4H3,(H,28,29)/t18-/m0/s1. The number of benzene rings is 2. The predicted molar refractivity (Wildman–Crippen MR) is 128 cm³/mol. The van der Waals surface area contributed by atoms with E-state index in [1.54, 1.807) is 40.8 Å². The molecule has 0 saturated heterocycles. The van der Waals surface area contributed by atoms with Crippen molar-refractivity contribution in [2.45, 2.75) is 18.9 Å². The Morgan fingerprint density at radius 2 is 1.71 bits per heavy atom. The molecular formula is C26H28N2O6. The molecule has 0 radical (unpaired) electrons. The topological polar surface area (TPSA) is 95.0 Å². The van der Waals surface area contributed by atoms with E-state index < -0.39 is 0 Å². The molecule has 0 unspecified atom stereocenters. The van der Waals surface area contributed by atoms with Gasteiger partial charge in [0.05, 0.1) is 41.2 Å². The van der Waals surface area contributed by atoms with Gasteiger partial charge in [0.2, 0.25) is 11.7 Å². The Hall–Kier alpha value is -4.07. The van der Waals surface area contributed by atoms with E-state index >= 15 is 0 Å². The molecule has 1 atom stereocenters. The molecule has 0 bridgehead atoms. The molecule has 0 spiro atoms. The van der Waals surface area contributed by atoms with Crippen molar-refractivity contribution in [1.29, 1.82) is 0 Å². The van der Waals surface area contributed by atoms with Crippen LogP contribution in [-0.2, 0) is 11.3 Å². The summed E-state index contributed by atoms with van der Waals surface area (Å²) in [5.41, 5.74) is 2.69. The van der Waals surface area contributed by atoms with Gasteiger partial charge in [-0.3, -0.25) is 4.79 Å². The van der Waals surface area contributed by atoms with Crippen molar-refractivity contribution >= 4 is 16.8 Å². The first-order valence-corrected chi connectivity index (χ1v) is 10.8. The Balaban J connectivity index is 1.78. The van der Waals surface area contributed by atoms with Gasteiger partial charge in [-0.25, -0.2) is 0 Å². The third-order valence-electron chi connectivity index (χ3n) is 5.81. The molecule has 0 saturated carbocycles. The molecule has 1 amide bonds. The maximum atomic E-state index is 13.1. The fourth-order valence-electron chi connectivity index (χ4n) is 4.19. The number of rotatable bonds is 10. The van der Waals surface area contributed by atoms with Crippen molar-refractivity contribution in [3.63, 3.8) is 0 Å². The van der Waals surface area contributed by atoms with Crippen molar-refractivity contribution in [3.05, 3.63) is 71.8 Å². The molecule has 2 N–H and O–H groups in total. The van der Waals surface area contributed by atoms with E-state index in [4.69, 9.17) is 23.4 Å². The van der Waals surface area contributed by atoms with E-state index in [1.807, 2.05) is 42.6 Å². The molecule has 0 aliphatic carbocycles. The summed E-state index contributed by atoms with van der Waals surface area (Å²) in [6, 6.07) is 13.2. The highest BCUT2D eigenvalue weighted by Gasteiger charge is 2.26. The highest BCUT2D eigenvalue weighted by atomic mass is 16.5. The first-order chi connectivity index (χ1) is 16.6. The van der Waals surface area contributed by atoms with E-state index in [1.165, 1.54) is 0 Å². The fraction of sp³-hybridized carbons (Fsp3) is 0.269. The summed E-state index contributed by atoms with van der Waals surface area (Å²) in [5, 5.41) is 3.86. The Bertz CT molecular complexity index is 1240. The van der Waals surface area contributed by atoms with Crippen molar-refractivity contribution in [1.82, 2.24) is 10.3 Å². The Morgan fingerprint density at radius 3 is 2.32 bits per heavy atom. The number of methoxy groups -OCH3 is 4. The summed E-state index contributed by atoms with van der Waals surface area (Å²) < 4.78 is 27.6. The second-order valence-electron chi connectivity index (χ2n) is 7.70. The Morgan fingerprint density at radius 1 is 0.971 bits per heavy atom. The SMILES string of the molecule is COc1cc([C@H](CC(=O)NCc2ccco2)c2c[nH]c3cccc(OC)c23)cc(OC)c1OC. The number of nitrogens with one attached hydrogen (secondary N) is 2. The number of carbonyl (C=O) groups excluding carboxylic acids is 1. The van der Waals surface area contributed by atoms with Gasteiger partial charge in [0.1, 0.15) is 11.5 Å². The van der Waals surface area contributed by atoms with Crippen LogP contribution in [-0.4, -0.2) is 39.3 Å². The van der Waals surface area contributed by atoms with E-state index in [0.717, 1.165) is 27.8 Å². The zero-order chi connectivity index (χ0) is 24.1. The third-order valence-corrected chi connectivity index (χ3v) is 5.81. The number of aromatic amines is 1. The lowest BCUT2D eigenvalue weighted by Gasteiger charge is -2.21. The number of ether oxygens (including phenoxy) is 4. The van der Waals surface area contributed by atoms with Crippen LogP contribution >= 0.6 is 0 Å². The summed E-state index contributed by atoms with van der Waals surface area (Å²) in [7, 11) is 6.34. The van der Waals surface area contributed by atoms with Crippen LogP contribution in [0.5, 0.6) is 23.0 Å². The average Bonchev–Trinajstić information content (AvgIpc) is 3.55. The van der Waals surface area contributed by atoms with Crippen LogP contribution in [0, 0.1) is 0 Å². The summed E-state index contributed by atoms with van der Waals surface area (Å²) in [6.45, 7) is 0.311. The van der Waals surface area contributed by atoms with Crippen LogP contribution in [0.15, 0.2) is 59.3 Å². The van der Waals surface area contributed by atoms with E-state index in [-0.39, 0.29) is 18.2 Å². The van der Waals surface area contributed by atoms with Gasteiger partial charge in [-0.15, -0.1) is 0 Å². The molecule has 8 nitrogen and oxygen atoms in total. The van der Waals surface area contributed by atoms with Crippen LogP contribution in [0.3, 0.4) is 0 Å². The normalized spacial score (nSPS) is 11.8. The molecule has 178 valence electrons. The molecule has 2 aromatic heterocycles. The first kappa shape index (κ1) is 23.1. The highest BCUT2D eigenvalue weighted by molar-refractivity contribution is 5.91. The smallest absolute Gasteiger partial charge is 0.221 e. The number of fused-ring (bicyclic) bond motifs is 1. The number of amides is 1. The fourth-order valence-corrected chi connectivity index (χ4v) is 4.19. The molecule has 8 heteroatoms. The van der Waals surface area contributed by atoms with Crippen molar-refractivity contribution in [2.24, 2.45) is 0 Å². The van der Waals surface area contributed by atoms with Crippen LogP contribution < -0.4 is 24.3 Å². The average molecular weight is 465 g/mol. The maximum absolute atomic E-state index is 13.1. The number of hydrogen-bond acceptors (Lipinski definition) is 6. The quantitative estimate of drug-likeness (QED) is 0.355. The lowest BCUT2D eigenvalue weighted by atomic mass is 9.87. The summed E-state index contributed by atoms with van der Waals surface area (Å²) in [4.78, 5) is 16.4. The van der Waals surface area contributed by atoms with Crippen LogP contribution in [0.25, 0.3) is 10.9 Å². The van der Waals surface area contributed by atoms with Gasteiger partial charge in [0.25, 0.3) is 0 Å². The van der Waals surface area contributed by atoms with Crippen LogP contribution in [0.1, 0.15) is 29.2 Å². The number of hydrogen-bond donors (Lipinski definition) is 2. The van der Waals surface area contributed by atoms with Crippen molar-refractivity contribution < 1.29 is 28.2 Å². The second-order valence-corrected chi connectivity index (χ2v) is 7.70. The molecule has 2 aromatic carbocycles. The van der Waals surface area contributed by atoms with Crippen LogP contribution in [0.2, 0.25) is 0 Å². The minimum atomic E-state index is -0.324. The maximum Gasteiger partial charge on any atom is 0.221 e. The Kier molecular flexibility index (Phi) is 6.96. The van der Waals surface area contributed by atoms with E-state index in [2.05, 4.69) is 10.3 Å². The molecule has 0 aliphatic heterocycles. The molecular weight excluding hydrogens is 436 g/mol. The minimum Gasteiger partial charge on any atom is -0.496 e. The minimum absolute atomic E-state index is 0.126. The summed E-state index contributed by atoms with van der Waals surface area (Å²) >= 11 is 0. The number of furan rings is 1. The van der Waals surface area contributed by atoms with Gasteiger partial charge in [-0.2, -0.15) is 0 Å². The monoisotopic (exact) mass is 464 g/mol. The number of H-pyrrole nitrogens is 1. The van der Waals surface area contributed by atoms with E-state index in [0.29, 0.717) is 29.6 Å². The lowest BCUT2D eigenvalue weighted by Crippen LogP contribution is -2.24. The zero-order valence-corrected chi connectivity index (χ0v) is 19.6. The van der Waals surface area contributed by atoms with Crippen molar-refractivity contribution in [3.8, 4) is 23.0 Å². The number of aromatic nitrogens is 1. The van der Waals surface area contributed by atoms with Crippen LogP contribution in [0.4, 0.5) is 0 Å². The summed E-state index contributed by atoms with van der Waals surface area (Å²) in [5.74, 6) is 2.49. The summed E-state index contributed by atoms with van der Waals surface area (Å²) in [6.07, 6.45) is 3.68. The second kappa shape index (κ2) is 10.2. The first-order valence-electron chi connectivity index (χ1n) is 10.8. The van der Waals surface area contributed by atoms with Gasteiger partial charge < -0.3 is 33.7 Å². The highest BCUT2D eigenvalue weighted by Crippen LogP contribution is 2.44. The molecule has 2 heterocycles. The molecule has 0 fully saturated rings. The van der Waals surface area contributed by atoms with Gasteiger partial charge in [-0.05, 0) is 47.5 Å².